The molecule has 0 radical (unpaired) electrons. The highest BCUT2D eigenvalue weighted by Crippen LogP contribution is 2.38. The van der Waals surface area contributed by atoms with Gasteiger partial charge in [0.1, 0.15) is 23.1 Å². The number of halogens is 1. The van der Waals surface area contributed by atoms with Crippen molar-refractivity contribution in [2.75, 3.05) is 29.4 Å². The number of aryl methyl sites for hydroxylation is 1. The maximum absolute atomic E-state index is 13.6. The molecule has 2 aromatic carbocycles. The molecule has 0 spiro atoms. The molecule has 0 saturated carbocycles. The molecule has 1 aromatic heterocycles. The maximum atomic E-state index is 13.6. The number of sulfonamides is 1. The number of amides is 1. The molecule has 38 heavy (non-hydrogen) atoms. The van der Waals surface area contributed by atoms with E-state index in [-0.39, 0.29) is 17.2 Å². The van der Waals surface area contributed by atoms with Crippen molar-refractivity contribution in [2.45, 2.75) is 44.4 Å². The van der Waals surface area contributed by atoms with Crippen LogP contribution in [0.2, 0.25) is 0 Å². The van der Waals surface area contributed by atoms with E-state index in [9.17, 15) is 22.4 Å². The van der Waals surface area contributed by atoms with Gasteiger partial charge in [-0.2, -0.15) is 0 Å². The number of anilines is 2. The van der Waals surface area contributed by atoms with Gasteiger partial charge in [-0.25, -0.2) is 17.6 Å². The Morgan fingerprint density at radius 1 is 1.00 bits per heavy atom. The van der Waals surface area contributed by atoms with Crippen molar-refractivity contribution in [2.24, 2.45) is 0 Å². The number of hydrogen-bond acceptors (Lipinski definition) is 7. The molecular weight excluding hydrogens is 531 g/mol. The van der Waals surface area contributed by atoms with Crippen LogP contribution < -0.4 is 14.4 Å². The van der Waals surface area contributed by atoms with E-state index in [1.54, 1.807) is 19.1 Å². The molecule has 3 aromatic rings. The molecule has 202 valence electrons. The lowest BCUT2D eigenvalue weighted by molar-refractivity contribution is -0.114. The molecule has 1 N–H and O–H groups in total. The van der Waals surface area contributed by atoms with E-state index in [0.29, 0.717) is 29.3 Å². The molecule has 0 bridgehead atoms. The van der Waals surface area contributed by atoms with Gasteiger partial charge in [0.15, 0.2) is 0 Å². The molecule has 1 aliphatic carbocycles. The minimum Gasteiger partial charge on any atom is -0.494 e. The van der Waals surface area contributed by atoms with Crippen LogP contribution in [-0.2, 0) is 32.4 Å². The average Bonchev–Trinajstić information content (AvgIpc) is 3.26. The summed E-state index contributed by atoms with van der Waals surface area (Å²) in [6.07, 6.45) is 3.45. The SMILES string of the molecule is CCOC(=O)c1c(NC(=O)CN(c2ccc(OCC)cc2)S(=O)(=O)c2ccc(F)cc2)sc2c1CCCC2. The summed E-state index contributed by atoms with van der Waals surface area (Å²) in [5.74, 6) is -1.18. The second kappa shape index (κ2) is 12.0. The first-order chi connectivity index (χ1) is 18.2. The highest BCUT2D eigenvalue weighted by atomic mass is 32.2. The van der Waals surface area contributed by atoms with Crippen LogP contribution in [0, 0.1) is 5.82 Å². The first-order valence-corrected chi connectivity index (χ1v) is 14.6. The van der Waals surface area contributed by atoms with Gasteiger partial charge in [-0.3, -0.25) is 9.10 Å². The summed E-state index contributed by atoms with van der Waals surface area (Å²) in [5.41, 5.74) is 1.45. The molecule has 0 fully saturated rings. The third kappa shape index (κ3) is 5.99. The molecular formula is C27H29FN2O6S2. The lowest BCUT2D eigenvalue weighted by Crippen LogP contribution is -2.38. The summed E-state index contributed by atoms with van der Waals surface area (Å²) < 4.78 is 52.3. The first-order valence-electron chi connectivity index (χ1n) is 12.4. The number of hydrogen-bond donors (Lipinski definition) is 1. The van der Waals surface area contributed by atoms with E-state index in [2.05, 4.69) is 5.32 Å². The third-order valence-electron chi connectivity index (χ3n) is 6.03. The van der Waals surface area contributed by atoms with Gasteiger partial charge in [0, 0.05) is 4.88 Å². The van der Waals surface area contributed by atoms with Crippen molar-refractivity contribution in [3.8, 4) is 5.75 Å². The zero-order valence-electron chi connectivity index (χ0n) is 21.2. The number of benzene rings is 2. The summed E-state index contributed by atoms with van der Waals surface area (Å²) in [6.45, 7) is 3.60. The monoisotopic (exact) mass is 560 g/mol. The molecule has 11 heteroatoms. The van der Waals surface area contributed by atoms with Gasteiger partial charge < -0.3 is 14.8 Å². The van der Waals surface area contributed by atoms with E-state index >= 15 is 0 Å². The summed E-state index contributed by atoms with van der Waals surface area (Å²) in [4.78, 5) is 26.9. The van der Waals surface area contributed by atoms with Crippen molar-refractivity contribution in [1.29, 1.82) is 0 Å². The molecule has 8 nitrogen and oxygen atoms in total. The van der Waals surface area contributed by atoms with Crippen LogP contribution in [-0.4, -0.2) is 40.1 Å². The Morgan fingerprint density at radius 3 is 2.34 bits per heavy atom. The largest absolute Gasteiger partial charge is 0.494 e. The Balaban J connectivity index is 1.67. The zero-order valence-corrected chi connectivity index (χ0v) is 22.8. The fraction of sp³-hybridized carbons (Fsp3) is 0.333. The minimum absolute atomic E-state index is 0.167. The Labute approximate surface area is 225 Å². The van der Waals surface area contributed by atoms with Gasteiger partial charge in [0.05, 0.1) is 29.4 Å². The van der Waals surface area contributed by atoms with E-state index in [1.165, 1.54) is 23.5 Å². The zero-order chi connectivity index (χ0) is 27.3. The fourth-order valence-electron chi connectivity index (χ4n) is 4.29. The van der Waals surface area contributed by atoms with Crippen molar-refractivity contribution >= 4 is 43.9 Å². The Kier molecular flexibility index (Phi) is 8.68. The number of esters is 1. The molecule has 0 unspecified atom stereocenters. The Hall–Kier alpha value is -3.44. The van der Waals surface area contributed by atoms with E-state index in [4.69, 9.17) is 9.47 Å². The summed E-state index contributed by atoms with van der Waals surface area (Å²) in [5, 5.41) is 3.11. The summed E-state index contributed by atoms with van der Waals surface area (Å²) in [6, 6.07) is 10.7. The van der Waals surface area contributed by atoms with Crippen LogP contribution in [0.25, 0.3) is 0 Å². The van der Waals surface area contributed by atoms with Crippen LogP contribution in [0.5, 0.6) is 5.75 Å². The number of nitrogens with one attached hydrogen (secondary N) is 1. The molecule has 1 aliphatic rings. The first kappa shape index (κ1) is 27.6. The number of fused-ring (bicyclic) bond motifs is 1. The number of ether oxygens (including phenoxy) is 2. The Morgan fingerprint density at radius 2 is 1.68 bits per heavy atom. The molecule has 0 saturated heterocycles. The highest BCUT2D eigenvalue weighted by Gasteiger charge is 2.30. The molecule has 1 heterocycles. The molecule has 0 atom stereocenters. The quantitative estimate of drug-likeness (QED) is 0.343. The number of rotatable bonds is 10. The predicted molar refractivity (Wildman–Crippen MR) is 144 cm³/mol. The van der Waals surface area contributed by atoms with Gasteiger partial charge >= 0.3 is 5.97 Å². The molecule has 4 rings (SSSR count). The van der Waals surface area contributed by atoms with Crippen molar-refractivity contribution in [1.82, 2.24) is 0 Å². The second-order valence-electron chi connectivity index (χ2n) is 8.58. The lowest BCUT2D eigenvalue weighted by Gasteiger charge is -2.24. The van der Waals surface area contributed by atoms with Crippen LogP contribution in [0.4, 0.5) is 15.1 Å². The van der Waals surface area contributed by atoms with Crippen LogP contribution >= 0.6 is 11.3 Å². The minimum atomic E-state index is -4.24. The van der Waals surface area contributed by atoms with Crippen LogP contribution in [0.1, 0.15) is 47.5 Å². The van der Waals surface area contributed by atoms with Gasteiger partial charge in [-0.15, -0.1) is 11.3 Å². The third-order valence-corrected chi connectivity index (χ3v) is 9.02. The fourth-order valence-corrected chi connectivity index (χ4v) is 7.01. The van der Waals surface area contributed by atoms with Crippen LogP contribution in [0.15, 0.2) is 53.4 Å². The maximum Gasteiger partial charge on any atom is 0.341 e. The summed E-state index contributed by atoms with van der Waals surface area (Å²) >= 11 is 1.32. The lowest BCUT2D eigenvalue weighted by atomic mass is 9.95. The van der Waals surface area contributed by atoms with Gasteiger partial charge in [-0.1, -0.05) is 0 Å². The number of nitrogens with zero attached hydrogens (tertiary/aromatic N) is 1. The Bertz CT molecular complexity index is 1400. The average molecular weight is 561 g/mol. The van der Waals surface area contributed by atoms with E-state index in [1.807, 2.05) is 6.92 Å². The topological polar surface area (TPSA) is 102 Å². The van der Waals surface area contributed by atoms with Crippen LogP contribution in [0.3, 0.4) is 0 Å². The standard InChI is InChI=1S/C27H29FN2O6S2/c1-3-35-20-13-11-19(12-14-20)30(38(33,34)21-15-9-18(28)10-16-21)17-24(31)29-26-25(27(32)36-4-2)22-7-5-6-8-23(22)37-26/h9-16H,3-8,17H2,1-2H3,(H,29,31). The number of carbonyl (C=O) groups excluding carboxylic acids is 2. The van der Waals surface area contributed by atoms with E-state index < -0.39 is 34.3 Å². The van der Waals surface area contributed by atoms with Crippen molar-refractivity contribution < 1.29 is 31.9 Å². The molecule has 0 aliphatic heterocycles. The van der Waals surface area contributed by atoms with Gasteiger partial charge in [0.2, 0.25) is 5.91 Å². The second-order valence-corrected chi connectivity index (χ2v) is 11.5. The van der Waals surface area contributed by atoms with Gasteiger partial charge in [0.25, 0.3) is 10.0 Å². The normalized spacial score (nSPS) is 12.9. The van der Waals surface area contributed by atoms with Gasteiger partial charge in [-0.05, 0) is 93.6 Å². The number of thiophene rings is 1. The highest BCUT2D eigenvalue weighted by molar-refractivity contribution is 7.92. The van der Waals surface area contributed by atoms with E-state index in [0.717, 1.165) is 58.3 Å². The predicted octanol–water partition coefficient (Wildman–Crippen LogP) is 5.18. The smallest absolute Gasteiger partial charge is 0.341 e. The van der Waals surface area contributed by atoms with Crippen molar-refractivity contribution in [3.05, 3.63) is 70.4 Å². The number of carbonyl (C=O) groups is 2. The summed E-state index contributed by atoms with van der Waals surface area (Å²) in [7, 11) is -4.24. The van der Waals surface area contributed by atoms with Crippen molar-refractivity contribution in [3.63, 3.8) is 0 Å². The molecule has 1 amide bonds.